The molecule has 4 nitrogen and oxygen atoms in total. The Balaban J connectivity index is 1.65. The molecule has 0 atom stereocenters. The van der Waals surface area contributed by atoms with Crippen molar-refractivity contribution in [1.29, 1.82) is 0 Å². The Hall–Kier alpha value is -1.26. The van der Waals surface area contributed by atoms with Gasteiger partial charge in [0.15, 0.2) is 0 Å². The van der Waals surface area contributed by atoms with E-state index in [1.54, 1.807) is 4.90 Å². The maximum Gasteiger partial charge on any atom is 0.122 e. The van der Waals surface area contributed by atoms with Gasteiger partial charge in [-0.15, -0.1) is 0 Å². The van der Waals surface area contributed by atoms with E-state index in [1.807, 2.05) is 24.3 Å². The SMILES string of the molecule is CCCOc1cccc(OCCC[NH+]2CCOCC2)c1. The van der Waals surface area contributed by atoms with E-state index in [-0.39, 0.29) is 0 Å². The van der Waals surface area contributed by atoms with Crippen molar-refractivity contribution in [3.8, 4) is 11.5 Å². The number of hydrogen-bond donors (Lipinski definition) is 1. The molecule has 1 aliphatic rings. The number of ether oxygens (including phenoxy) is 3. The number of benzene rings is 1. The van der Waals surface area contributed by atoms with Crippen LogP contribution in [-0.2, 0) is 4.74 Å². The molecule has 1 N–H and O–H groups in total. The van der Waals surface area contributed by atoms with Crippen molar-refractivity contribution in [1.82, 2.24) is 0 Å². The molecule has 0 saturated carbocycles. The molecule has 4 heteroatoms. The largest absolute Gasteiger partial charge is 0.493 e. The van der Waals surface area contributed by atoms with Gasteiger partial charge in [-0.25, -0.2) is 0 Å². The Bertz CT molecular complexity index is 378. The Labute approximate surface area is 121 Å². The zero-order valence-corrected chi connectivity index (χ0v) is 12.4. The second-order valence-electron chi connectivity index (χ2n) is 5.14. The van der Waals surface area contributed by atoms with Crippen LogP contribution in [0, 0.1) is 0 Å². The predicted octanol–water partition coefficient (Wildman–Crippen LogP) is 1.16. The molecule has 1 aliphatic heterocycles. The lowest BCUT2D eigenvalue weighted by Gasteiger charge is -2.23. The van der Waals surface area contributed by atoms with Crippen molar-refractivity contribution in [2.45, 2.75) is 19.8 Å². The standard InChI is InChI=1S/C16H25NO3/c1-2-10-19-15-5-3-6-16(14-15)20-11-4-7-17-8-12-18-13-9-17/h3,5-6,14H,2,4,7-13H2,1H3/p+1. The highest BCUT2D eigenvalue weighted by Crippen LogP contribution is 2.19. The van der Waals surface area contributed by atoms with Gasteiger partial charge in [0.1, 0.15) is 24.6 Å². The fourth-order valence-corrected chi connectivity index (χ4v) is 2.30. The second-order valence-corrected chi connectivity index (χ2v) is 5.14. The van der Waals surface area contributed by atoms with Gasteiger partial charge >= 0.3 is 0 Å². The van der Waals surface area contributed by atoms with Gasteiger partial charge in [-0.1, -0.05) is 13.0 Å². The fraction of sp³-hybridized carbons (Fsp3) is 0.625. The molecule has 0 amide bonds. The highest BCUT2D eigenvalue weighted by Gasteiger charge is 2.12. The van der Waals surface area contributed by atoms with Crippen LogP contribution in [0.1, 0.15) is 19.8 Å². The maximum atomic E-state index is 5.79. The van der Waals surface area contributed by atoms with Gasteiger partial charge in [0.05, 0.1) is 33.0 Å². The third kappa shape index (κ3) is 5.39. The third-order valence-electron chi connectivity index (χ3n) is 3.42. The minimum absolute atomic E-state index is 0.754. The quantitative estimate of drug-likeness (QED) is 0.725. The number of morpholine rings is 1. The minimum Gasteiger partial charge on any atom is -0.493 e. The van der Waals surface area contributed by atoms with E-state index < -0.39 is 0 Å². The predicted molar refractivity (Wildman–Crippen MR) is 78.7 cm³/mol. The highest BCUT2D eigenvalue weighted by atomic mass is 16.5. The van der Waals surface area contributed by atoms with Crippen LogP contribution >= 0.6 is 0 Å². The normalized spacial score (nSPS) is 16.1. The Morgan fingerprint density at radius 1 is 1.10 bits per heavy atom. The van der Waals surface area contributed by atoms with Crippen molar-refractivity contribution in [3.05, 3.63) is 24.3 Å². The fourth-order valence-electron chi connectivity index (χ4n) is 2.30. The van der Waals surface area contributed by atoms with Crippen LogP contribution < -0.4 is 14.4 Å². The zero-order valence-electron chi connectivity index (χ0n) is 12.4. The molecule has 1 saturated heterocycles. The molecule has 0 spiro atoms. The maximum absolute atomic E-state index is 5.79. The lowest BCUT2D eigenvalue weighted by Crippen LogP contribution is -3.14. The summed E-state index contributed by atoms with van der Waals surface area (Å²) in [5.74, 6) is 1.79. The smallest absolute Gasteiger partial charge is 0.122 e. The van der Waals surface area contributed by atoms with Crippen LogP contribution in [0.2, 0.25) is 0 Å². The summed E-state index contributed by atoms with van der Waals surface area (Å²) >= 11 is 0. The van der Waals surface area contributed by atoms with Gasteiger partial charge in [0.25, 0.3) is 0 Å². The average Bonchev–Trinajstić information content (AvgIpc) is 2.51. The molecule has 0 aromatic heterocycles. The van der Waals surface area contributed by atoms with E-state index in [9.17, 15) is 0 Å². The van der Waals surface area contributed by atoms with E-state index >= 15 is 0 Å². The van der Waals surface area contributed by atoms with Crippen molar-refractivity contribution >= 4 is 0 Å². The van der Waals surface area contributed by atoms with E-state index in [4.69, 9.17) is 14.2 Å². The molecule has 1 fully saturated rings. The molecule has 1 aromatic carbocycles. The van der Waals surface area contributed by atoms with Gasteiger partial charge in [-0.05, 0) is 18.6 Å². The molecule has 0 radical (unpaired) electrons. The van der Waals surface area contributed by atoms with Crippen LogP contribution in [0.25, 0.3) is 0 Å². The van der Waals surface area contributed by atoms with Crippen molar-refractivity contribution in [3.63, 3.8) is 0 Å². The minimum atomic E-state index is 0.754. The molecular formula is C16H26NO3+. The summed E-state index contributed by atoms with van der Waals surface area (Å²) < 4.78 is 16.7. The van der Waals surface area contributed by atoms with E-state index in [0.717, 1.165) is 70.4 Å². The molecule has 0 unspecified atom stereocenters. The summed E-state index contributed by atoms with van der Waals surface area (Å²) in [4.78, 5) is 1.62. The van der Waals surface area contributed by atoms with Gasteiger partial charge in [-0.3, -0.25) is 0 Å². The summed E-state index contributed by atoms with van der Waals surface area (Å²) in [6.45, 7) is 8.83. The molecule has 0 bridgehead atoms. The van der Waals surface area contributed by atoms with Gasteiger partial charge < -0.3 is 19.1 Å². The van der Waals surface area contributed by atoms with Crippen molar-refractivity contribution < 1.29 is 19.1 Å². The van der Waals surface area contributed by atoms with Crippen molar-refractivity contribution in [2.75, 3.05) is 46.1 Å². The topological polar surface area (TPSA) is 32.1 Å². The lowest BCUT2D eigenvalue weighted by atomic mass is 10.3. The van der Waals surface area contributed by atoms with Crippen molar-refractivity contribution in [2.24, 2.45) is 0 Å². The number of nitrogens with one attached hydrogen (secondary N) is 1. The van der Waals surface area contributed by atoms with Gasteiger partial charge in [0.2, 0.25) is 0 Å². The summed E-state index contributed by atoms with van der Waals surface area (Å²) in [5, 5.41) is 0. The number of hydrogen-bond acceptors (Lipinski definition) is 3. The van der Waals surface area contributed by atoms with E-state index in [1.165, 1.54) is 0 Å². The van der Waals surface area contributed by atoms with E-state index in [2.05, 4.69) is 6.92 Å². The van der Waals surface area contributed by atoms with Gasteiger partial charge in [0, 0.05) is 12.5 Å². The first-order valence-corrected chi connectivity index (χ1v) is 7.65. The second kappa shape index (κ2) is 8.82. The Morgan fingerprint density at radius 2 is 1.80 bits per heavy atom. The molecule has 1 heterocycles. The van der Waals surface area contributed by atoms with Gasteiger partial charge in [-0.2, -0.15) is 0 Å². The summed E-state index contributed by atoms with van der Waals surface area (Å²) in [6, 6.07) is 7.91. The monoisotopic (exact) mass is 280 g/mol. The summed E-state index contributed by atoms with van der Waals surface area (Å²) in [6.07, 6.45) is 2.10. The molecule has 2 rings (SSSR count). The highest BCUT2D eigenvalue weighted by molar-refractivity contribution is 5.32. The third-order valence-corrected chi connectivity index (χ3v) is 3.42. The summed E-state index contributed by atoms with van der Waals surface area (Å²) in [7, 11) is 0. The molecule has 20 heavy (non-hydrogen) atoms. The van der Waals surface area contributed by atoms with Crippen LogP contribution in [0.3, 0.4) is 0 Å². The number of rotatable bonds is 8. The van der Waals surface area contributed by atoms with Crippen LogP contribution in [0.15, 0.2) is 24.3 Å². The average molecular weight is 280 g/mol. The van der Waals surface area contributed by atoms with Crippen LogP contribution in [0.4, 0.5) is 0 Å². The summed E-state index contributed by atoms with van der Waals surface area (Å²) in [5.41, 5.74) is 0. The molecule has 112 valence electrons. The number of quaternary nitrogens is 1. The molecular weight excluding hydrogens is 254 g/mol. The van der Waals surface area contributed by atoms with Crippen LogP contribution in [-0.4, -0.2) is 46.1 Å². The van der Waals surface area contributed by atoms with E-state index in [0.29, 0.717) is 0 Å². The molecule has 1 aromatic rings. The first-order valence-electron chi connectivity index (χ1n) is 7.65. The first kappa shape index (κ1) is 15.1. The Morgan fingerprint density at radius 3 is 2.50 bits per heavy atom. The Kier molecular flexibility index (Phi) is 6.68. The zero-order chi connectivity index (χ0) is 14.0. The first-order chi connectivity index (χ1) is 9.88. The lowest BCUT2D eigenvalue weighted by molar-refractivity contribution is -0.908. The molecule has 0 aliphatic carbocycles. The van der Waals surface area contributed by atoms with Crippen LogP contribution in [0.5, 0.6) is 11.5 Å².